The molecule has 1 fully saturated rings. The van der Waals surface area contributed by atoms with E-state index in [1.165, 1.54) is 6.42 Å². The molecule has 1 saturated heterocycles. The molecule has 2 rings (SSSR count). The van der Waals surface area contributed by atoms with E-state index in [-0.39, 0.29) is 11.3 Å². The van der Waals surface area contributed by atoms with Crippen LogP contribution in [0.3, 0.4) is 0 Å². The van der Waals surface area contributed by atoms with Gasteiger partial charge in [0.05, 0.1) is 0 Å². The lowest BCUT2D eigenvalue weighted by atomic mass is 9.84. The lowest BCUT2D eigenvalue weighted by Gasteiger charge is -2.38. The van der Waals surface area contributed by atoms with Gasteiger partial charge in [-0.15, -0.1) is 0 Å². The fourth-order valence-electron chi connectivity index (χ4n) is 2.84. The number of carbonyl (C=O) groups is 1. The molecule has 2 heterocycles. The van der Waals surface area contributed by atoms with Crippen molar-refractivity contribution in [3.63, 3.8) is 0 Å². The minimum absolute atomic E-state index is 0.0828. The van der Waals surface area contributed by atoms with E-state index in [4.69, 9.17) is 11.6 Å². The van der Waals surface area contributed by atoms with Crippen molar-refractivity contribution in [1.29, 1.82) is 0 Å². The Morgan fingerprint density at radius 3 is 2.85 bits per heavy atom. The van der Waals surface area contributed by atoms with Crippen LogP contribution in [0.2, 0.25) is 5.15 Å². The Morgan fingerprint density at radius 1 is 1.45 bits per heavy atom. The first-order valence-electron chi connectivity index (χ1n) is 7.37. The third-order valence-corrected chi connectivity index (χ3v) is 3.98. The molecule has 3 nitrogen and oxygen atoms in total. The number of hydrogen-bond acceptors (Lipinski definition) is 2. The maximum Gasteiger partial charge on any atom is 0.254 e. The van der Waals surface area contributed by atoms with E-state index in [0.29, 0.717) is 10.7 Å². The molecular formula is C16H23ClN2O. The van der Waals surface area contributed by atoms with Gasteiger partial charge in [0, 0.05) is 24.3 Å². The van der Waals surface area contributed by atoms with Crippen molar-refractivity contribution in [3.05, 3.63) is 28.5 Å². The molecular weight excluding hydrogens is 272 g/mol. The number of rotatable bonds is 3. The van der Waals surface area contributed by atoms with Crippen LogP contribution in [0, 0.1) is 5.41 Å². The second-order valence-electron chi connectivity index (χ2n) is 6.41. The molecule has 1 aromatic rings. The zero-order valence-electron chi connectivity index (χ0n) is 12.6. The fourth-order valence-corrected chi connectivity index (χ4v) is 3.06. The SMILES string of the molecule is CCCc1cc(C(=O)N2CCCC(C)(C)C2)cc(Cl)n1. The van der Waals surface area contributed by atoms with Gasteiger partial charge in [-0.2, -0.15) is 0 Å². The number of piperidine rings is 1. The summed E-state index contributed by atoms with van der Waals surface area (Å²) in [7, 11) is 0. The predicted molar refractivity (Wildman–Crippen MR) is 82.2 cm³/mol. The van der Waals surface area contributed by atoms with E-state index in [1.807, 2.05) is 11.0 Å². The lowest BCUT2D eigenvalue weighted by Crippen LogP contribution is -2.43. The van der Waals surface area contributed by atoms with Crippen molar-refractivity contribution in [3.8, 4) is 0 Å². The van der Waals surface area contributed by atoms with Gasteiger partial charge >= 0.3 is 0 Å². The van der Waals surface area contributed by atoms with Crippen molar-refractivity contribution >= 4 is 17.5 Å². The monoisotopic (exact) mass is 294 g/mol. The van der Waals surface area contributed by atoms with Crippen LogP contribution in [-0.2, 0) is 6.42 Å². The van der Waals surface area contributed by atoms with Crippen molar-refractivity contribution in [2.45, 2.75) is 46.5 Å². The Kier molecular flexibility index (Phi) is 4.69. The van der Waals surface area contributed by atoms with Gasteiger partial charge in [0.1, 0.15) is 5.15 Å². The van der Waals surface area contributed by atoms with E-state index in [9.17, 15) is 4.79 Å². The van der Waals surface area contributed by atoms with E-state index < -0.39 is 0 Å². The van der Waals surface area contributed by atoms with Crippen LogP contribution < -0.4 is 0 Å². The molecule has 0 N–H and O–H groups in total. The predicted octanol–water partition coefficient (Wildman–Crippen LogP) is 3.95. The van der Waals surface area contributed by atoms with E-state index in [2.05, 4.69) is 25.8 Å². The quantitative estimate of drug-likeness (QED) is 0.791. The van der Waals surface area contributed by atoms with Crippen molar-refractivity contribution in [2.75, 3.05) is 13.1 Å². The molecule has 4 heteroatoms. The summed E-state index contributed by atoms with van der Waals surface area (Å²) in [5, 5.41) is 0.413. The van der Waals surface area contributed by atoms with Gasteiger partial charge in [0.15, 0.2) is 0 Å². The molecule has 0 aliphatic carbocycles. The van der Waals surface area contributed by atoms with Gasteiger partial charge in [0.25, 0.3) is 5.91 Å². The number of hydrogen-bond donors (Lipinski definition) is 0. The maximum atomic E-state index is 12.6. The van der Waals surface area contributed by atoms with E-state index in [0.717, 1.165) is 38.0 Å². The van der Waals surface area contributed by atoms with Gasteiger partial charge in [-0.3, -0.25) is 4.79 Å². The Bertz CT molecular complexity index is 499. The van der Waals surface area contributed by atoms with Gasteiger partial charge in [-0.05, 0) is 36.8 Å². The van der Waals surface area contributed by atoms with Crippen LogP contribution in [0.5, 0.6) is 0 Å². The number of aromatic nitrogens is 1. The van der Waals surface area contributed by atoms with Crippen LogP contribution in [-0.4, -0.2) is 28.9 Å². The molecule has 0 unspecified atom stereocenters. The van der Waals surface area contributed by atoms with Gasteiger partial charge in [-0.1, -0.05) is 38.8 Å². The van der Waals surface area contributed by atoms with E-state index in [1.54, 1.807) is 6.07 Å². The molecule has 1 aromatic heterocycles. The number of likely N-dealkylation sites (tertiary alicyclic amines) is 1. The first kappa shape index (κ1) is 15.3. The van der Waals surface area contributed by atoms with Crippen molar-refractivity contribution in [1.82, 2.24) is 9.88 Å². The largest absolute Gasteiger partial charge is 0.338 e. The topological polar surface area (TPSA) is 33.2 Å². The van der Waals surface area contributed by atoms with Crippen molar-refractivity contribution in [2.24, 2.45) is 5.41 Å². The maximum absolute atomic E-state index is 12.6. The summed E-state index contributed by atoms with van der Waals surface area (Å²) in [6.45, 7) is 8.18. The van der Waals surface area contributed by atoms with E-state index >= 15 is 0 Å². The third-order valence-electron chi connectivity index (χ3n) is 3.79. The molecule has 0 saturated carbocycles. The summed E-state index contributed by atoms with van der Waals surface area (Å²) in [4.78, 5) is 18.9. The second kappa shape index (κ2) is 6.13. The molecule has 1 amide bonds. The Morgan fingerprint density at radius 2 is 2.20 bits per heavy atom. The van der Waals surface area contributed by atoms with Crippen LogP contribution in [0.4, 0.5) is 0 Å². The number of pyridine rings is 1. The zero-order valence-corrected chi connectivity index (χ0v) is 13.3. The normalized spacial score (nSPS) is 18.1. The molecule has 1 aliphatic rings. The summed E-state index contributed by atoms with van der Waals surface area (Å²) in [6, 6.07) is 3.57. The fraction of sp³-hybridized carbons (Fsp3) is 0.625. The average molecular weight is 295 g/mol. The van der Waals surface area contributed by atoms with Gasteiger partial charge < -0.3 is 4.90 Å². The van der Waals surface area contributed by atoms with Gasteiger partial charge in [-0.25, -0.2) is 4.98 Å². The average Bonchev–Trinajstić information content (AvgIpc) is 2.36. The van der Waals surface area contributed by atoms with Crippen LogP contribution in [0.15, 0.2) is 12.1 Å². The number of aryl methyl sites for hydroxylation is 1. The van der Waals surface area contributed by atoms with Gasteiger partial charge in [0.2, 0.25) is 0 Å². The third kappa shape index (κ3) is 3.72. The zero-order chi connectivity index (χ0) is 14.8. The second-order valence-corrected chi connectivity index (χ2v) is 6.80. The molecule has 1 aliphatic heterocycles. The lowest BCUT2D eigenvalue weighted by molar-refractivity contribution is 0.0583. The molecule has 20 heavy (non-hydrogen) atoms. The highest BCUT2D eigenvalue weighted by atomic mass is 35.5. The van der Waals surface area contributed by atoms with Crippen LogP contribution in [0.1, 0.15) is 56.1 Å². The number of nitrogens with zero attached hydrogens (tertiary/aromatic N) is 2. The number of carbonyl (C=O) groups excluding carboxylic acids is 1. The Hall–Kier alpha value is -1.09. The minimum atomic E-state index is 0.0828. The summed E-state index contributed by atoms with van der Waals surface area (Å²) >= 11 is 6.04. The molecule has 0 atom stereocenters. The summed E-state index contributed by atoms with van der Waals surface area (Å²) in [5.41, 5.74) is 1.78. The number of halogens is 1. The first-order chi connectivity index (χ1) is 9.41. The molecule has 0 bridgehead atoms. The molecule has 110 valence electrons. The van der Waals surface area contributed by atoms with Crippen molar-refractivity contribution < 1.29 is 4.79 Å². The highest BCUT2D eigenvalue weighted by Gasteiger charge is 2.29. The Balaban J connectivity index is 2.20. The molecule has 0 aromatic carbocycles. The Labute approximate surface area is 126 Å². The summed E-state index contributed by atoms with van der Waals surface area (Å²) < 4.78 is 0. The summed E-state index contributed by atoms with van der Waals surface area (Å²) in [5.74, 6) is 0.0828. The first-order valence-corrected chi connectivity index (χ1v) is 7.75. The summed E-state index contributed by atoms with van der Waals surface area (Å²) in [6.07, 6.45) is 4.10. The molecule has 0 radical (unpaired) electrons. The van der Waals surface area contributed by atoms with Crippen LogP contribution in [0.25, 0.3) is 0 Å². The smallest absolute Gasteiger partial charge is 0.254 e. The standard InChI is InChI=1S/C16H23ClN2O/c1-4-6-13-9-12(10-14(17)18-13)15(20)19-8-5-7-16(2,3)11-19/h9-10H,4-8,11H2,1-3H3. The number of amides is 1. The highest BCUT2D eigenvalue weighted by molar-refractivity contribution is 6.29. The molecule has 0 spiro atoms. The minimum Gasteiger partial charge on any atom is -0.338 e. The van der Waals surface area contributed by atoms with Crippen LogP contribution >= 0.6 is 11.6 Å². The highest BCUT2D eigenvalue weighted by Crippen LogP contribution is 2.29.